The van der Waals surface area contributed by atoms with Gasteiger partial charge < -0.3 is 20.1 Å². The second-order valence-corrected chi connectivity index (χ2v) is 6.42. The Labute approximate surface area is 170 Å². The Bertz CT molecular complexity index is 806. The second kappa shape index (κ2) is 11.5. The molecule has 0 saturated carbocycles. The number of benzene rings is 2. The Kier molecular flexibility index (Phi) is 8.69. The second-order valence-electron chi connectivity index (χ2n) is 6.42. The Hall–Kier alpha value is -3.35. The van der Waals surface area contributed by atoms with Crippen molar-refractivity contribution in [3.63, 3.8) is 0 Å². The van der Waals surface area contributed by atoms with Crippen LogP contribution in [0.1, 0.15) is 28.8 Å². The van der Waals surface area contributed by atoms with Gasteiger partial charge in [0.15, 0.2) is 0 Å². The molecular formula is C22H26N2O5. The van der Waals surface area contributed by atoms with Gasteiger partial charge in [0.2, 0.25) is 5.91 Å². The van der Waals surface area contributed by atoms with Crippen molar-refractivity contribution in [2.24, 2.45) is 0 Å². The van der Waals surface area contributed by atoms with E-state index in [4.69, 9.17) is 9.47 Å². The van der Waals surface area contributed by atoms with Crippen LogP contribution in [0.25, 0.3) is 0 Å². The molecule has 0 fully saturated rings. The predicted octanol–water partition coefficient (Wildman–Crippen LogP) is 2.11. The van der Waals surface area contributed by atoms with Crippen LogP contribution in [0.2, 0.25) is 0 Å². The summed E-state index contributed by atoms with van der Waals surface area (Å²) in [5.74, 6) is -0.302. The molecule has 2 aromatic carbocycles. The first-order valence-corrected chi connectivity index (χ1v) is 9.37. The summed E-state index contributed by atoms with van der Waals surface area (Å²) < 4.78 is 9.85. The molecule has 2 N–H and O–H groups in total. The maximum absolute atomic E-state index is 12.2. The molecule has 154 valence electrons. The fourth-order valence-electron chi connectivity index (χ4n) is 2.75. The lowest BCUT2D eigenvalue weighted by Gasteiger charge is -2.16. The van der Waals surface area contributed by atoms with Gasteiger partial charge >= 0.3 is 5.97 Å². The van der Waals surface area contributed by atoms with Crippen molar-refractivity contribution in [1.82, 2.24) is 10.6 Å². The summed E-state index contributed by atoms with van der Waals surface area (Å²) in [5, 5.41) is 5.48. The standard InChI is InChI=1S/C22H26N2O5/c1-28-18-12-10-17(11-13-18)21(26)23-14-6-9-20(25)24-19(22(27)29-2)15-16-7-4-3-5-8-16/h3-5,7-8,10-13,19H,6,9,14-15H2,1-2H3,(H,23,26)(H,24,25)/t19-/m0/s1. The van der Waals surface area contributed by atoms with Gasteiger partial charge in [-0.3, -0.25) is 9.59 Å². The lowest BCUT2D eigenvalue weighted by atomic mass is 10.1. The number of carbonyl (C=O) groups is 3. The zero-order chi connectivity index (χ0) is 21.1. The third-order valence-electron chi connectivity index (χ3n) is 4.32. The Balaban J connectivity index is 1.76. The minimum Gasteiger partial charge on any atom is -0.497 e. The van der Waals surface area contributed by atoms with Crippen LogP contribution in [0.5, 0.6) is 5.75 Å². The SMILES string of the molecule is COC(=O)[C@H](Cc1ccccc1)NC(=O)CCCNC(=O)c1ccc(OC)cc1. The number of hydrogen-bond acceptors (Lipinski definition) is 5. The Morgan fingerprint density at radius 3 is 2.28 bits per heavy atom. The minimum absolute atomic E-state index is 0.186. The zero-order valence-electron chi connectivity index (χ0n) is 16.6. The number of methoxy groups -OCH3 is 2. The van der Waals surface area contributed by atoms with E-state index in [1.807, 2.05) is 30.3 Å². The smallest absolute Gasteiger partial charge is 0.328 e. The number of esters is 1. The van der Waals surface area contributed by atoms with Crippen LogP contribution >= 0.6 is 0 Å². The number of hydrogen-bond donors (Lipinski definition) is 2. The highest BCUT2D eigenvalue weighted by Gasteiger charge is 2.21. The highest BCUT2D eigenvalue weighted by atomic mass is 16.5. The predicted molar refractivity (Wildman–Crippen MR) is 109 cm³/mol. The molecule has 0 heterocycles. The average molecular weight is 398 g/mol. The summed E-state index contributed by atoms with van der Waals surface area (Å²) in [6, 6.07) is 15.4. The van der Waals surface area contributed by atoms with Crippen molar-refractivity contribution >= 4 is 17.8 Å². The molecule has 0 unspecified atom stereocenters. The molecule has 1 atom stereocenters. The molecule has 0 aliphatic heterocycles. The third kappa shape index (κ3) is 7.29. The molecule has 0 bridgehead atoms. The maximum Gasteiger partial charge on any atom is 0.328 e. The van der Waals surface area contributed by atoms with Gasteiger partial charge in [0.25, 0.3) is 5.91 Å². The van der Waals surface area contributed by atoms with Crippen LogP contribution in [0.4, 0.5) is 0 Å². The molecule has 29 heavy (non-hydrogen) atoms. The average Bonchev–Trinajstić information content (AvgIpc) is 2.76. The fourth-order valence-corrected chi connectivity index (χ4v) is 2.75. The van der Waals surface area contributed by atoms with Gasteiger partial charge in [-0.15, -0.1) is 0 Å². The van der Waals surface area contributed by atoms with Crippen LogP contribution in [0, 0.1) is 0 Å². The summed E-state index contributed by atoms with van der Waals surface area (Å²) in [4.78, 5) is 36.3. The lowest BCUT2D eigenvalue weighted by molar-refractivity contribution is -0.145. The van der Waals surface area contributed by atoms with Crippen LogP contribution in [-0.2, 0) is 20.7 Å². The van der Waals surface area contributed by atoms with Gasteiger partial charge in [-0.05, 0) is 36.2 Å². The molecule has 0 spiro atoms. The van der Waals surface area contributed by atoms with E-state index in [-0.39, 0.29) is 18.2 Å². The summed E-state index contributed by atoms with van der Waals surface area (Å²) in [6.45, 7) is 0.347. The van der Waals surface area contributed by atoms with Crippen molar-refractivity contribution in [2.75, 3.05) is 20.8 Å². The van der Waals surface area contributed by atoms with Gasteiger partial charge in [-0.1, -0.05) is 30.3 Å². The number of carbonyl (C=O) groups excluding carboxylic acids is 3. The van der Waals surface area contributed by atoms with Gasteiger partial charge in [0.05, 0.1) is 14.2 Å². The number of rotatable bonds is 10. The molecule has 2 amide bonds. The number of nitrogens with one attached hydrogen (secondary N) is 2. The summed E-state index contributed by atoms with van der Waals surface area (Å²) in [5.41, 5.74) is 1.44. The van der Waals surface area contributed by atoms with E-state index in [1.165, 1.54) is 7.11 Å². The van der Waals surface area contributed by atoms with Gasteiger partial charge in [0, 0.05) is 24.9 Å². The topological polar surface area (TPSA) is 93.7 Å². The van der Waals surface area contributed by atoms with Crippen molar-refractivity contribution in [3.05, 3.63) is 65.7 Å². The van der Waals surface area contributed by atoms with Crippen molar-refractivity contribution in [1.29, 1.82) is 0 Å². The molecule has 0 saturated heterocycles. The van der Waals surface area contributed by atoms with E-state index in [0.717, 1.165) is 5.56 Å². The largest absolute Gasteiger partial charge is 0.497 e. The quantitative estimate of drug-likeness (QED) is 0.472. The monoisotopic (exact) mass is 398 g/mol. The van der Waals surface area contributed by atoms with Crippen molar-refractivity contribution in [2.45, 2.75) is 25.3 Å². The van der Waals surface area contributed by atoms with E-state index in [2.05, 4.69) is 10.6 Å². The van der Waals surface area contributed by atoms with Gasteiger partial charge in [0.1, 0.15) is 11.8 Å². The molecule has 2 aromatic rings. The van der Waals surface area contributed by atoms with E-state index in [9.17, 15) is 14.4 Å². The van der Waals surface area contributed by atoms with Crippen LogP contribution in [0.15, 0.2) is 54.6 Å². The molecule has 2 rings (SSSR count). The Morgan fingerprint density at radius 1 is 0.966 bits per heavy atom. The highest BCUT2D eigenvalue weighted by molar-refractivity contribution is 5.94. The van der Waals surface area contributed by atoms with Gasteiger partial charge in [-0.25, -0.2) is 4.79 Å². The molecule has 7 nitrogen and oxygen atoms in total. The molecular weight excluding hydrogens is 372 g/mol. The summed E-state index contributed by atoms with van der Waals surface area (Å²) >= 11 is 0. The highest BCUT2D eigenvalue weighted by Crippen LogP contribution is 2.11. The van der Waals surface area contributed by atoms with Crippen LogP contribution in [-0.4, -0.2) is 44.6 Å². The molecule has 7 heteroatoms. The maximum atomic E-state index is 12.2. The first-order chi connectivity index (χ1) is 14.0. The van der Waals surface area contributed by atoms with Gasteiger partial charge in [-0.2, -0.15) is 0 Å². The first-order valence-electron chi connectivity index (χ1n) is 9.37. The molecule has 0 aromatic heterocycles. The molecule has 0 radical (unpaired) electrons. The lowest BCUT2D eigenvalue weighted by Crippen LogP contribution is -2.43. The molecule has 0 aliphatic rings. The van der Waals surface area contributed by atoms with Crippen LogP contribution < -0.4 is 15.4 Å². The van der Waals surface area contributed by atoms with E-state index < -0.39 is 12.0 Å². The summed E-state index contributed by atoms with van der Waals surface area (Å²) in [7, 11) is 2.85. The van der Waals surface area contributed by atoms with E-state index in [0.29, 0.717) is 30.7 Å². The number of amides is 2. The summed E-state index contributed by atoms with van der Waals surface area (Å²) in [6.07, 6.45) is 0.992. The van der Waals surface area contributed by atoms with Crippen molar-refractivity contribution < 1.29 is 23.9 Å². The minimum atomic E-state index is -0.746. The number of ether oxygens (including phenoxy) is 2. The van der Waals surface area contributed by atoms with E-state index in [1.54, 1.807) is 31.4 Å². The third-order valence-corrected chi connectivity index (χ3v) is 4.32. The first kappa shape index (κ1) is 21.9. The normalized spacial score (nSPS) is 11.2. The van der Waals surface area contributed by atoms with E-state index >= 15 is 0 Å². The van der Waals surface area contributed by atoms with Crippen molar-refractivity contribution in [3.8, 4) is 5.75 Å². The Morgan fingerprint density at radius 2 is 1.66 bits per heavy atom. The zero-order valence-corrected chi connectivity index (χ0v) is 16.6. The van der Waals surface area contributed by atoms with Crippen LogP contribution in [0.3, 0.4) is 0 Å². The fraction of sp³-hybridized carbons (Fsp3) is 0.318. The molecule has 0 aliphatic carbocycles.